The summed E-state index contributed by atoms with van der Waals surface area (Å²) < 4.78 is 6.40. The summed E-state index contributed by atoms with van der Waals surface area (Å²) in [6.45, 7) is 3.27. The van der Waals surface area contributed by atoms with Crippen LogP contribution in [0.25, 0.3) is 0 Å². The van der Waals surface area contributed by atoms with E-state index in [1.165, 1.54) is 4.90 Å². The molecule has 0 aromatic heterocycles. The second kappa shape index (κ2) is 6.28. The first-order valence-corrected chi connectivity index (χ1v) is 8.31. The van der Waals surface area contributed by atoms with Crippen LogP contribution in [-0.4, -0.2) is 24.0 Å². The van der Waals surface area contributed by atoms with Gasteiger partial charge in [0.05, 0.1) is 15.8 Å². The average Bonchev–Trinajstić information content (AvgIpc) is 2.55. The highest BCUT2D eigenvalue weighted by molar-refractivity contribution is 9.10. The van der Waals surface area contributed by atoms with E-state index in [9.17, 15) is 9.59 Å². The van der Waals surface area contributed by atoms with E-state index >= 15 is 0 Å². The quantitative estimate of drug-likeness (QED) is 0.873. The van der Waals surface area contributed by atoms with Gasteiger partial charge in [-0.3, -0.25) is 14.5 Å². The number of benzene rings is 2. The molecule has 3 rings (SSSR count). The van der Waals surface area contributed by atoms with E-state index in [1.807, 2.05) is 36.4 Å². The first kappa shape index (κ1) is 16.5. The Hall–Kier alpha value is -2.34. The predicted molar refractivity (Wildman–Crippen MR) is 96.3 cm³/mol. The summed E-state index contributed by atoms with van der Waals surface area (Å²) in [6, 6.07) is 14.6. The largest absolute Gasteiger partial charge is 0.483 e. The molecule has 2 aromatic rings. The molecule has 0 radical (unpaired) electrons. The molecular weight excluding hydrogens is 372 g/mol. The number of hydrogen-bond donors (Lipinski definition) is 1. The minimum atomic E-state index is -0.997. The maximum atomic E-state index is 12.8. The number of hydrogen-bond acceptors (Lipinski definition) is 3. The van der Waals surface area contributed by atoms with Gasteiger partial charge in [-0.1, -0.05) is 24.3 Å². The van der Waals surface area contributed by atoms with E-state index in [4.69, 9.17) is 4.74 Å². The molecule has 0 spiro atoms. The van der Waals surface area contributed by atoms with Crippen molar-refractivity contribution >= 4 is 39.1 Å². The molecule has 0 saturated heterocycles. The van der Waals surface area contributed by atoms with E-state index in [0.717, 1.165) is 4.47 Å². The Kier molecular flexibility index (Phi) is 4.32. The summed E-state index contributed by atoms with van der Waals surface area (Å²) >= 11 is 3.39. The number of para-hydroxylation sites is 3. The van der Waals surface area contributed by atoms with E-state index in [1.54, 1.807) is 26.0 Å². The zero-order valence-corrected chi connectivity index (χ0v) is 15.0. The van der Waals surface area contributed by atoms with Gasteiger partial charge in [0.1, 0.15) is 11.3 Å². The van der Waals surface area contributed by atoms with Crippen molar-refractivity contribution in [3.8, 4) is 5.75 Å². The third-order valence-electron chi connectivity index (χ3n) is 3.95. The van der Waals surface area contributed by atoms with Crippen LogP contribution in [0, 0.1) is 0 Å². The van der Waals surface area contributed by atoms with E-state index < -0.39 is 5.54 Å². The molecule has 2 aromatic carbocycles. The number of ether oxygens (including phenoxy) is 1. The van der Waals surface area contributed by atoms with Gasteiger partial charge in [-0.05, 0) is 54.0 Å². The van der Waals surface area contributed by atoms with Crippen molar-refractivity contribution in [1.82, 2.24) is 0 Å². The van der Waals surface area contributed by atoms with Crippen molar-refractivity contribution in [2.24, 2.45) is 0 Å². The highest BCUT2D eigenvalue weighted by Gasteiger charge is 2.43. The first-order chi connectivity index (χ1) is 11.4. The first-order valence-electron chi connectivity index (χ1n) is 7.52. The van der Waals surface area contributed by atoms with Crippen LogP contribution in [0.5, 0.6) is 5.75 Å². The van der Waals surface area contributed by atoms with E-state index in [2.05, 4.69) is 21.2 Å². The molecule has 1 aliphatic rings. The number of fused-ring (bicyclic) bond motifs is 1. The summed E-state index contributed by atoms with van der Waals surface area (Å²) in [6.07, 6.45) is 0. The molecule has 5 nitrogen and oxygen atoms in total. The van der Waals surface area contributed by atoms with Crippen LogP contribution < -0.4 is 15.0 Å². The van der Waals surface area contributed by atoms with Gasteiger partial charge in [0.25, 0.3) is 5.91 Å². The van der Waals surface area contributed by atoms with Crippen LogP contribution in [0.3, 0.4) is 0 Å². The molecule has 124 valence electrons. The van der Waals surface area contributed by atoms with Crippen LogP contribution in [-0.2, 0) is 9.59 Å². The van der Waals surface area contributed by atoms with Crippen molar-refractivity contribution in [3.63, 3.8) is 0 Å². The van der Waals surface area contributed by atoms with Crippen molar-refractivity contribution < 1.29 is 14.3 Å². The molecule has 1 heterocycles. The molecule has 1 aliphatic heterocycles. The fourth-order valence-corrected chi connectivity index (χ4v) is 3.06. The van der Waals surface area contributed by atoms with Gasteiger partial charge in [0.15, 0.2) is 6.61 Å². The van der Waals surface area contributed by atoms with Gasteiger partial charge in [-0.15, -0.1) is 0 Å². The number of nitrogens with one attached hydrogen (secondary N) is 1. The fourth-order valence-electron chi connectivity index (χ4n) is 2.66. The van der Waals surface area contributed by atoms with Gasteiger partial charge in [0, 0.05) is 0 Å². The Morgan fingerprint density at radius 2 is 1.83 bits per heavy atom. The maximum Gasteiger partial charge on any atom is 0.265 e. The number of anilines is 2. The number of rotatable bonds is 3. The lowest BCUT2D eigenvalue weighted by atomic mass is 9.96. The lowest BCUT2D eigenvalue weighted by molar-refractivity contribution is -0.127. The third-order valence-corrected chi connectivity index (χ3v) is 4.60. The molecule has 0 aliphatic carbocycles. The summed E-state index contributed by atoms with van der Waals surface area (Å²) in [4.78, 5) is 26.7. The Balaban J connectivity index is 1.87. The lowest BCUT2D eigenvalue weighted by Gasteiger charge is -2.41. The topological polar surface area (TPSA) is 58.6 Å². The summed E-state index contributed by atoms with van der Waals surface area (Å²) in [5.74, 6) is 0.0758. The number of nitrogens with zero attached hydrogens (tertiary/aromatic N) is 1. The van der Waals surface area contributed by atoms with Gasteiger partial charge < -0.3 is 10.1 Å². The number of amides is 2. The molecule has 0 saturated carbocycles. The Labute approximate surface area is 148 Å². The molecular formula is C18H17BrN2O3. The third kappa shape index (κ3) is 2.89. The summed E-state index contributed by atoms with van der Waals surface area (Å²) in [5, 5.41) is 2.84. The van der Waals surface area contributed by atoms with Crippen LogP contribution in [0.4, 0.5) is 11.4 Å². The molecule has 0 atom stereocenters. The SMILES string of the molecule is CC1(C)C(=O)Nc2ccccc2N1C(=O)COc1ccccc1Br. The second-order valence-corrected chi connectivity index (χ2v) is 6.83. The summed E-state index contributed by atoms with van der Waals surface area (Å²) in [7, 11) is 0. The Bertz CT molecular complexity index is 804. The van der Waals surface area contributed by atoms with Crippen molar-refractivity contribution in [2.45, 2.75) is 19.4 Å². The molecule has 2 amide bonds. The highest BCUT2D eigenvalue weighted by Crippen LogP contribution is 2.36. The van der Waals surface area contributed by atoms with Crippen molar-refractivity contribution in [1.29, 1.82) is 0 Å². The highest BCUT2D eigenvalue weighted by atomic mass is 79.9. The monoisotopic (exact) mass is 388 g/mol. The van der Waals surface area contributed by atoms with Gasteiger partial charge in [-0.25, -0.2) is 0 Å². The van der Waals surface area contributed by atoms with Gasteiger partial charge in [-0.2, -0.15) is 0 Å². The normalized spacial score (nSPS) is 15.5. The molecule has 0 fully saturated rings. The zero-order chi connectivity index (χ0) is 17.3. The van der Waals surface area contributed by atoms with E-state index in [-0.39, 0.29) is 18.4 Å². The molecule has 24 heavy (non-hydrogen) atoms. The van der Waals surface area contributed by atoms with Crippen molar-refractivity contribution in [3.05, 3.63) is 53.0 Å². The summed E-state index contributed by atoms with van der Waals surface area (Å²) in [5.41, 5.74) is 0.293. The number of carbonyl (C=O) groups is 2. The van der Waals surface area contributed by atoms with E-state index in [0.29, 0.717) is 17.1 Å². The van der Waals surface area contributed by atoms with Gasteiger partial charge >= 0.3 is 0 Å². The molecule has 0 unspecified atom stereocenters. The lowest BCUT2D eigenvalue weighted by Crippen LogP contribution is -2.59. The Morgan fingerprint density at radius 3 is 2.58 bits per heavy atom. The molecule has 6 heteroatoms. The van der Waals surface area contributed by atoms with Crippen molar-refractivity contribution in [2.75, 3.05) is 16.8 Å². The fraction of sp³-hybridized carbons (Fsp3) is 0.222. The standard InChI is InChI=1S/C18H17BrN2O3/c1-18(2)17(23)20-13-8-4-5-9-14(13)21(18)16(22)11-24-15-10-6-3-7-12(15)19/h3-10H,11H2,1-2H3,(H,20,23). The molecule has 0 bridgehead atoms. The predicted octanol–water partition coefficient (Wildman–Crippen LogP) is 3.59. The molecule has 1 N–H and O–H groups in total. The zero-order valence-electron chi connectivity index (χ0n) is 13.4. The Morgan fingerprint density at radius 1 is 1.17 bits per heavy atom. The number of carbonyl (C=O) groups excluding carboxylic acids is 2. The van der Waals surface area contributed by atoms with Crippen LogP contribution >= 0.6 is 15.9 Å². The smallest absolute Gasteiger partial charge is 0.265 e. The second-order valence-electron chi connectivity index (χ2n) is 5.98. The van der Waals surface area contributed by atoms with Gasteiger partial charge in [0.2, 0.25) is 5.91 Å². The minimum Gasteiger partial charge on any atom is -0.483 e. The number of halogens is 1. The van der Waals surface area contributed by atoms with Crippen LogP contribution in [0.15, 0.2) is 53.0 Å². The maximum absolute atomic E-state index is 12.8. The van der Waals surface area contributed by atoms with Crippen LogP contribution in [0.2, 0.25) is 0 Å². The average molecular weight is 389 g/mol. The van der Waals surface area contributed by atoms with Crippen LogP contribution in [0.1, 0.15) is 13.8 Å². The minimum absolute atomic E-state index is 0.159.